The Morgan fingerprint density at radius 3 is 1.43 bits per heavy atom. The van der Waals surface area contributed by atoms with Gasteiger partial charge in [0.05, 0.1) is 24.7 Å². The van der Waals surface area contributed by atoms with Crippen molar-refractivity contribution in [3.05, 3.63) is 0 Å². The molecular weight excluding hydrogens is 364 g/mol. The van der Waals surface area contributed by atoms with Crippen LogP contribution in [0.25, 0.3) is 0 Å². The van der Waals surface area contributed by atoms with E-state index in [2.05, 4.69) is 10.7 Å². The summed E-state index contributed by atoms with van der Waals surface area (Å²) in [7, 11) is -1.92. The first-order valence-corrected chi connectivity index (χ1v) is 12.5. The zero-order chi connectivity index (χ0) is 17.9. The van der Waals surface area contributed by atoms with Crippen molar-refractivity contribution in [1.29, 1.82) is 0 Å². The van der Waals surface area contributed by atoms with Crippen LogP contribution in [0.3, 0.4) is 0 Å². The van der Waals surface area contributed by atoms with Gasteiger partial charge in [-0.25, -0.2) is 8.42 Å². The Morgan fingerprint density at radius 2 is 1.17 bits per heavy atom. The molecule has 140 valence electrons. The molecule has 0 unspecified atom stereocenters. The molecule has 2 rings (SSSR count). The van der Waals surface area contributed by atoms with Gasteiger partial charge in [0.2, 0.25) is 9.05 Å². The van der Waals surface area contributed by atoms with E-state index >= 15 is 0 Å². The van der Waals surface area contributed by atoms with E-state index in [4.69, 9.17) is 9.29 Å². The number of rotatable bonds is 2. The minimum absolute atomic E-state index is 0.0359. The van der Waals surface area contributed by atoms with Crippen LogP contribution in [0.4, 0.5) is 0 Å². The average molecular weight is 393 g/mol. The molecule has 1 N–H and O–H groups in total. The molecule has 2 fully saturated rings. The first-order valence-electron chi connectivity index (χ1n) is 7.93. The van der Waals surface area contributed by atoms with E-state index in [0.29, 0.717) is 0 Å². The van der Waals surface area contributed by atoms with Gasteiger partial charge in [-0.15, -0.1) is 0 Å². The van der Waals surface area contributed by atoms with Crippen molar-refractivity contribution in [2.75, 3.05) is 12.5 Å². The summed E-state index contributed by atoms with van der Waals surface area (Å²) in [5.41, 5.74) is 0. The number of aliphatic hydroxyl groups excluding tert-OH is 1. The second-order valence-corrected chi connectivity index (χ2v) is 10.7. The van der Waals surface area contributed by atoms with Gasteiger partial charge in [-0.1, -0.05) is 38.5 Å². The predicted octanol–water partition coefficient (Wildman–Crippen LogP) is 2.79. The fourth-order valence-electron chi connectivity index (χ4n) is 2.49. The lowest BCUT2D eigenvalue weighted by Gasteiger charge is -2.19. The summed E-state index contributed by atoms with van der Waals surface area (Å²) in [6, 6.07) is 0. The quantitative estimate of drug-likeness (QED) is 0.573. The molecule has 0 aromatic rings. The summed E-state index contributed by atoms with van der Waals surface area (Å²) in [6.07, 6.45) is 13.1. The number of hydrogen-bond donors (Lipinski definition) is 1. The minimum atomic E-state index is -3.22. The van der Waals surface area contributed by atoms with Crippen LogP contribution in [-0.4, -0.2) is 46.7 Å². The third kappa shape index (κ3) is 20.1. The van der Waals surface area contributed by atoms with Crippen LogP contribution in [0.2, 0.25) is 0 Å². The molecule has 0 heterocycles. The van der Waals surface area contributed by atoms with Crippen molar-refractivity contribution in [3.8, 4) is 0 Å². The van der Waals surface area contributed by atoms with Crippen molar-refractivity contribution in [2.45, 2.75) is 76.4 Å². The normalized spacial score (nSPS) is 20.7. The first-order chi connectivity index (χ1) is 10.5. The summed E-state index contributed by atoms with van der Waals surface area (Å²) in [6.45, 7) is 0. The third-order valence-corrected chi connectivity index (χ3v) is 4.06. The molecule has 0 saturated heterocycles. The van der Waals surface area contributed by atoms with E-state index in [9.17, 15) is 16.8 Å². The zero-order valence-electron chi connectivity index (χ0n) is 13.9. The molecule has 2 aliphatic rings. The second kappa shape index (κ2) is 11.6. The van der Waals surface area contributed by atoms with E-state index in [1.165, 1.54) is 25.7 Å². The van der Waals surface area contributed by atoms with E-state index in [-0.39, 0.29) is 12.2 Å². The van der Waals surface area contributed by atoms with Crippen LogP contribution in [0.1, 0.15) is 64.2 Å². The molecule has 0 radical (unpaired) electrons. The molecule has 0 spiro atoms. The molecule has 0 aromatic heterocycles. The predicted molar refractivity (Wildman–Crippen MR) is 92.6 cm³/mol. The van der Waals surface area contributed by atoms with Gasteiger partial charge in [-0.05, 0) is 25.7 Å². The van der Waals surface area contributed by atoms with Gasteiger partial charge < -0.3 is 5.11 Å². The monoisotopic (exact) mass is 392 g/mol. The van der Waals surface area contributed by atoms with Crippen molar-refractivity contribution in [3.63, 3.8) is 0 Å². The van der Waals surface area contributed by atoms with Gasteiger partial charge in [0.15, 0.2) is 0 Å². The third-order valence-electron chi connectivity index (χ3n) is 3.44. The highest BCUT2D eigenvalue weighted by Crippen LogP contribution is 2.21. The molecule has 0 bridgehead atoms. The fraction of sp³-hybridized carbons (Fsp3) is 1.00. The Bertz CT molecular complexity index is 483. The van der Waals surface area contributed by atoms with Crippen molar-refractivity contribution >= 4 is 29.9 Å². The topological polar surface area (TPSA) is 97.7 Å². The highest BCUT2D eigenvalue weighted by Gasteiger charge is 2.17. The number of halogens is 1. The summed E-state index contributed by atoms with van der Waals surface area (Å²) in [5, 5.41) is 8.91. The zero-order valence-corrected chi connectivity index (χ0v) is 16.3. The summed E-state index contributed by atoms with van der Waals surface area (Å²) in [5.74, 6) is 0. The van der Waals surface area contributed by atoms with Gasteiger partial charge in [0.25, 0.3) is 10.1 Å². The SMILES string of the molecule is CS(=O)(=O)Cl.CS(=O)(=O)OC1CCCCC1.OC1CCCCC1. The van der Waals surface area contributed by atoms with Crippen molar-refractivity contribution < 1.29 is 26.1 Å². The molecule has 9 heteroatoms. The van der Waals surface area contributed by atoms with Gasteiger partial charge in [0.1, 0.15) is 0 Å². The molecule has 2 saturated carbocycles. The van der Waals surface area contributed by atoms with E-state index < -0.39 is 19.2 Å². The van der Waals surface area contributed by atoms with Gasteiger partial charge >= 0.3 is 0 Å². The lowest BCUT2D eigenvalue weighted by molar-refractivity contribution is 0.130. The second-order valence-electron chi connectivity index (χ2n) is 6.03. The van der Waals surface area contributed by atoms with Crippen molar-refractivity contribution in [1.82, 2.24) is 0 Å². The van der Waals surface area contributed by atoms with E-state index in [1.807, 2.05) is 0 Å². The highest BCUT2D eigenvalue weighted by molar-refractivity contribution is 8.13. The van der Waals surface area contributed by atoms with E-state index in [1.54, 1.807) is 0 Å². The van der Waals surface area contributed by atoms with Gasteiger partial charge in [-0.2, -0.15) is 8.42 Å². The molecule has 2 aliphatic carbocycles. The van der Waals surface area contributed by atoms with Crippen LogP contribution in [-0.2, 0) is 23.4 Å². The fourth-order valence-corrected chi connectivity index (χ4v) is 3.18. The maximum Gasteiger partial charge on any atom is 0.264 e. The molecule has 0 aromatic carbocycles. The largest absolute Gasteiger partial charge is 0.393 e. The maximum atomic E-state index is 10.7. The standard InChI is InChI=1S/C7H14O3S.C6H12O.CH3ClO2S/c1-11(8,9)10-7-5-3-2-4-6-7;7-6-4-2-1-3-5-6;1-5(2,3)4/h7H,2-6H2,1H3;6-7H,1-5H2;1H3. The van der Waals surface area contributed by atoms with Crippen LogP contribution in [0.5, 0.6) is 0 Å². The first kappa shape index (κ1) is 23.1. The van der Waals surface area contributed by atoms with E-state index in [0.717, 1.165) is 51.0 Å². The van der Waals surface area contributed by atoms with Gasteiger partial charge in [-0.3, -0.25) is 4.18 Å². The van der Waals surface area contributed by atoms with Crippen LogP contribution >= 0.6 is 10.7 Å². The van der Waals surface area contributed by atoms with Crippen LogP contribution < -0.4 is 0 Å². The Morgan fingerprint density at radius 1 is 0.826 bits per heavy atom. The molecule has 0 atom stereocenters. The molecule has 6 nitrogen and oxygen atoms in total. The lowest BCUT2D eigenvalue weighted by Crippen LogP contribution is -2.20. The highest BCUT2D eigenvalue weighted by atomic mass is 35.7. The van der Waals surface area contributed by atoms with Crippen molar-refractivity contribution in [2.24, 2.45) is 0 Å². The molecule has 0 amide bonds. The summed E-state index contributed by atoms with van der Waals surface area (Å²) in [4.78, 5) is 0. The maximum absolute atomic E-state index is 10.7. The Kier molecular flexibility index (Phi) is 11.7. The smallest absolute Gasteiger partial charge is 0.264 e. The van der Waals surface area contributed by atoms with Crippen LogP contribution in [0, 0.1) is 0 Å². The molecule has 23 heavy (non-hydrogen) atoms. The Hall–Kier alpha value is 0.110. The minimum Gasteiger partial charge on any atom is -0.393 e. The number of hydrogen-bond acceptors (Lipinski definition) is 6. The number of aliphatic hydroxyl groups is 1. The molecular formula is C14H29ClO6S2. The van der Waals surface area contributed by atoms with Gasteiger partial charge in [0, 0.05) is 10.7 Å². The Balaban J connectivity index is 0.000000347. The average Bonchev–Trinajstić information content (AvgIpc) is 2.37. The summed E-state index contributed by atoms with van der Waals surface area (Å²) >= 11 is 0. The molecule has 0 aliphatic heterocycles. The lowest BCUT2D eigenvalue weighted by atomic mass is 9.98. The Labute approximate surface area is 145 Å². The summed E-state index contributed by atoms with van der Waals surface area (Å²) < 4.78 is 45.0. The van der Waals surface area contributed by atoms with Crippen LogP contribution in [0.15, 0.2) is 0 Å².